The maximum atomic E-state index is 2.51. The van der Waals surface area contributed by atoms with E-state index < -0.39 is 0 Å². The Bertz CT molecular complexity index is 1470. The highest BCUT2D eigenvalue weighted by Gasteiger charge is 2.68. The van der Waals surface area contributed by atoms with Crippen LogP contribution in [0.5, 0.6) is 0 Å². The highest BCUT2D eigenvalue weighted by atomic mass is 14.7. The Labute approximate surface area is 288 Å². The van der Waals surface area contributed by atoms with Crippen molar-refractivity contribution in [2.24, 2.45) is 71.0 Å². The molecule has 4 aromatic carbocycles. The van der Waals surface area contributed by atoms with E-state index >= 15 is 0 Å². The molecule has 0 nitrogen and oxygen atoms in total. The molecule has 0 heterocycles. The van der Waals surface area contributed by atoms with E-state index in [4.69, 9.17) is 0 Å². The predicted molar refractivity (Wildman–Crippen MR) is 196 cm³/mol. The highest BCUT2D eigenvalue weighted by Crippen LogP contribution is 2.76. The molecule has 0 aliphatic heterocycles. The van der Waals surface area contributed by atoms with Gasteiger partial charge in [0.15, 0.2) is 0 Å². The zero-order chi connectivity index (χ0) is 31.3. The van der Waals surface area contributed by atoms with Crippen LogP contribution in [0.25, 0.3) is 0 Å². The number of fused-ring (bicyclic) bond motifs is 2. The van der Waals surface area contributed by atoms with Crippen molar-refractivity contribution < 1.29 is 0 Å². The summed E-state index contributed by atoms with van der Waals surface area (Å²) in [6.07, 6.45) is 11.7. The second kappa shape index (κ2) is 11.2. The average molecular weight is 629 g/mol. The van der Waals surface area contributed by atoms with E-state index in [9.17, 15) is 0 Å². The zero-order valence-electron chi connectivity index (χ0n) is 28.4. The molecular weight excluding hydrogens is 577 g/mol. The van der Waals surface area contributed by atoms with Crippen LogP contribution in [0, 0.1) is 71.0 Å². The predicted octanol–water partition coefficient (Wildman–Crippen LogP) is 11.7. The Kier molecular flexibility index (Phi) is 6.69. The molecule has 7 saturated carbocycles. The van der Waals surface area contributed by atoms with Crippen molar-refractivity contribution in [1.82, 2.24) is 0 Å². The summed E-state index contributed by atoms with van der Waals surface area (Å²) in [7, 11) is 0. The maximum Gasteiger partial charge on any atom is -0.0128 e. The van der Waals surface area contributed by atoms with Gasteiger partial charge < -0.3 is 0 Å². The molecule has 0 bridgehead atoms. The fraction of sp³-hybridized carbons (Fsp3) is 0.500. The van der Waals surface area contributed by atoms with Gasteiger partial charge in [0.2, 0.25) is 0 Å². The number of rotatable bonds is 4. The molecule has 0 N–H and O–H groups in total. The van der Waals surface area contributed by atoms with Gasteiger partial charge >= 0.3 is 0 Å². The van der Waals surface area contributed by atoms with Gasteiger partial charge in [-0.15, -0.1) is 0 Å². The van der Waals surface area contributed by atoms with E-state index in [0.29, 0.717) is 0 Å². The molecule has 0 saturated heterocycles. The Balaban J connectivity index is 1.08. The third-order valence-electron chi connectivity index (χ3n) is 16.7. The van der Waals surface area contributed by atoms with Gasteiger partial charge in [-0.05, 0) is 168 Å². The summed E-state index contributed by atoms with van der Waals surface area (Å²) in [5, 5.41) is 0. The molecule has 0 heteroatoms. The van der Waals surface area contributed by atoms with Crippen LogP contribution in [0.2, 0.25) is 0 Å². The Hall–Kier alpha value is -3.12. The molecule has 0 radical (unpaired) electrons. The molecular formula is C48H52. The van der Waals surface area contributed by atoms with Crippen LogP contribution in [0.3, 0.4) is 0 Å². The van der Waals surface area contributed by atoms with Crippen LogP contribution in [0.1, 0.15) is 97.3 Å². The molecule has 7 aliphatic rings. The fourth-order valence-corrected chi connectivity index (χ4v) is 15.6. The summed E-state index contributed by atoms with van der Waals surface area (Å²) >= 11 is 0. The topological polar surface area (TPSA) is 0 Å². The first kappa shape index (κ1) is 28.7. The summed E-state index contributed by atoms with van der Waals surface area (Å²) in [5.74, 6) is 13.8. The molecule has 12 atom stereocenters. The summed E-state index contributed by atoms with van der Waals surface area (Å²) in [6, 6.07) is 47.8. The van der Waals surface area contributed by atoms with Gasteiger partial charge in [0.25, 0.3) is 0 Å². The van der Waals surface area contributed by atoms with Crippen molar-refractivity contribution in [2.75, 3.05) is 0 Å². The molecule has 0 aromatic heterocycles. The van der Waals surface area contributed by atoms with Gasteiger partial charge in [0.05, 0.1) is 0 Å². The van der Waals surface area contributed by atoms with Crippen LogP contribution in [0.15, 0.2) is 121 Å². The normalized spacial score (nSPS) is 44.8. The van der Waals surface area contributed by atoms with Crippen LogP contribution in [0.4, 0.5) is 0 Å². The Morgan fingerprint density at radius 1 is 0.250 bits per heavy atom. The lowest BCUT2D eigenvalue weighted by Crippen LogP contribution is -2.62. The lowest BCUT2D eigenvalue weighted by atomic mass is 9.36. The van der Waals surface area contributed by atoms with Crippen molar-refractivity contribution in [3.63, 3.8) is 0 Å². The monoisotopic (exact) mass is 628 g/mol. The molecule has 12 unspecified atom stereocenters. The Morgan fingerprint density at radius 3 is 0.688 bits per heavy atom. The second-order valence-electron chi connectivity index (χ2n) is 17.8. The van der Waals surface area contributed by atoms with Gasteiger partial charge in [-0.1, -0.05) is 121 Å². The van der Waals surface area contributed by atoms with E-state index in [2.05, 4.69) is 121 Å². The minimum absolute atomic E-state index is 0.752. The van der Waals surface area contributed by atoms with E-state index in [1.807, 2.05) is 0 Å². The van der Waals surface area contributed by atoms with Gasteiger partial charge in [0.1, 0.15) is 0 Å². The minimum Gasteiger partial charge on any atom is -0.0622 e. The van der Waals surface area contributed by atoms with Gasteiger partial charge in [-0.25, -0.2) is 0 Å². The van der Waals surface area contributed by atoms with Crippen molar-refractivity contribution in [3.8, 4) is 0 Å². The molecule has 4 aromatic rings. The van der Waals surface area contributed by atoms with Crippen LogP contribution in [-0.4, -0.2) is 0 Å². The molecule has 0 amide bonds. The summed E-state index contributed by atoms with van der Waals surface area (Å²) in [5.41, 5.74) is 6.67. The first-order chi connectivity index (χ1) is 23.8. The number of benzene rings is 4. The van der Waals surface area contributed by atoms with Gasteiger partial charge in [-0.3, -0.25) is 0 Å². The summed E-state index contributed by atoms with van der Waals surface area (Å²) in [6.45, 7) is 0. The molecule has 244 valence electrons. The number of hydrogen-bond donors (Lipinski definition) is 0. The van der Waals surface area contributed by atoms with Crippen LogP contribution < -0.4 is 0 Å². The molecule has 0 spiro atoms. The third kappa shape index (κ3) is 4.13. The van der Waals surface area contributed by atoms with Crippen molar-refractivity contribution in [2.45, 2.75) is 75.0 Å². The van der Waals surface area contributed by atoms with Crippen molar-refractivity contribution >= 4 is 0 Å². The lowest BCUT2D eigenvalue weighted by Gasteiger charge is -2.68. The molecule has 7 aliphatic carbocycles. The van der Waals surface area contributed by atoms with E-state index in [0.717, 1.165) is 94.7 Å². The van der Waals surface area contributed by atoms with Gasteiger partial charge in [0, 0.05) is 0 Å². The van der Waals surface area contributed by atoms with Gasteiger partial charge in [-0.2, -0.15) is 0 Å². The highest BCUT2D eigenvalue weighted by molar-refractivity contribution is 5.33. The van der Waals surface area contributed by atoms with Crippen LogP contribution in [-0.2, 0) is 0 Å². The standard InChI is InChI=1S/C48H52/c1-5-13-29(14-6-1)37-25-41-42-26-39(31-17-9-3-10-18-31)35-23-24-36-40(32-19-11-4-12-20-32)28-44(48(42)46(35)36)43-27-38(30-15-7-2-8-16-30)34-22-21-33(37)45(34)47(41)43/h1-20,33-48H,21-28H2. The largest absolute Gasteiger partial charge is 0.0622 e. The summed E-state index contributed by atoms with van der Waals surface area (Å²) in [4.78, 5) is 0. The quantitative estimate of drug-likeness (QED) is 0.211. The third-order valence-corrected chi connectivity index (χ3v) is 16.7. The molecule has 7 fully saturated rings. The first-order valence-corrected chi connectivity index (χ1v) is 20.0. The first-order valence-electron chi connectivity index (χ1n) is 20.0. The zero-order valence-corrected chi connectivity index (χ0v) is 28.4. The van der Waals surface area contributed by atoms with E-state index in [-0.39, 0.29) is 0 Å². The van der Waals surface area contributed by atoms with Crippen LogP contribution >= 0.6 is 0 Å². The van der Waals surface area contributed by atoms with Crippen molar-refractivity contribution in [3.05, 3.63) is 144 Å². The fourth-order valence-electron chi connectivity index (χ4n) is 15.6. The minimum atomic E-state index is 0.752. The smallest absolute Gasteiger partial charge is 0.0128 e. The molecule has 48 heavy (non-hydrogen) atoms. The summed E-state index contributed by atoms with van der Waals surface area (Å²) < 4.78 is 0. The second-order valence-corrected chi connectivity index (χ2v) is 17.8. The molecule has 11 rings (SSSR count). The average Bonchev–Trinajstić information content (AvgIpc) is 3.81. The van der Waals surface area contributed by atoms with E-state index in [1.165, 1.54) is 51.4 Å². The number of hydrogen-bond acceptors (Lipinski definition) is 0. The maximum absolute atomic E-state index is 2.51. The lowest BCUT2D eigenvalue weighted by molar-refractivity contribution is -0.180. The Morgan fingerprint density at radius 2 is 0.458 bits per heavy atom. The SMILES string of the molecule is c1ccc(C2CC3C4CC(c5ccccc5)C5CCC6C(c7ccccc7)CC(C7CC(c8ccccc8)C8CCC2C8C37)C4C56)cc1. The van der Waals surface area contributed by atoms with Crippen molar-refractivity contribution in [1.29, 1.82) is 0 Å². The van der Waals surface area contributed by atoms with E-state index in [1.54, 1.807) is 22.3 Å².